The van der Waals surface area contributed by atoms with Gasteiger partial charge in [-0.15, -0.1) is 0 Å². The van der Waals surface area contributed by atoms with E-state index in [0.29, 0.717) is 24.0 Å². The first kappa shape index (κ1) is 11.8. The van der Waals surface area contributed by atoms with Crippen LogP contribution < -0.4 is 4.74 Å². The van der Waals surface area contributed by atoms with Gasteiger partial charge in [-0.2, -0.15) is 0 Å². The zero-order chi connectivity index (χ0) is 11.3. The molecule has 0 bridgehead atoms. The van der Waals surface area contributed by atoms with Gasteiger partial charge in [-0.3, -0.25) is 0 Å². The second-order valence-electron chi connectivity index (χ2n) is 2.65. The molecule has 0 radical (unpaired) electrons. The van der Waals surface area contributed by atoms with Crippen LogP contribution in [0.1, 0.15) is 24.3 Å². The van der Waals surface area contributed by atoms with Crippen molar-refractivity contribution in [3.63, 3.8) is 0 Å². The molecular weight excluding hydrogens is 218 g/mol. The zero-order valence-corrected chi connectivity index (χ0v) is 9.37. The van der Waals surface area contributed by atoms with Gasteiger partial charge in [-0.1, -0.05) is 11.6 Å². The monoisotopic (exact) mass is 229 g/mol. The van der Waals surface area contributed by atoms with Crippen LogP contribution in [0.25, 0.3) is 0 Å². The summed E-state index contributed by atoms with van der Waals surface area (Å²) in [4.78, 5) is 15.2. The molecule has 4 nitrogen and oxygen atoms in total. The van der Waals surface area contributed by atoms with Gasteiger partial charge in [0.15, 0.2) is 5.69 Å². The fraction of sp³-hybridized carbons (Fsp3) is 0.400. The highest BCUT2D eigenvalue weighted by molar-refractivity contribution is 6.32. The Morgan fingerprint density at radius 3 is 2.80 bits per heavy atom. The largest absolute Gasteiger partial charge is 0.492 e. The van der Waals surface area contributed by atoms with Gasteiger partial charge in [0.1, 0.15) is 10.8 Å². The van der Waals surface area contributed by atoms with Gasteiger partial charge in [0, 0.05) is 6.07 Å². The van der Waals surface area contributed by atoms with E-state index in [2.05, 4.69) is 4.98 Å². The first-order valence-corrected chi connectivity index (χ1v) is 5.02. The minimum absolute atomic E-state index is 0.199. The van der Waals surface area contributed by atoms with Crippen molar-refractivity contribution in [3.8, 4) is 5.75 Å². The molecule has 1 rings (SSSR count). The van der Waals surface area contributed by atoms with Crippen LogP contribution in [0, 0.1) is 0 Å². The van der Waals surface area contributed by atoms with Crippen LogP contribution in [-0.4, -0.2) is 24.2 Å². The van der Waals surface area contributed by atoms with Crippen LogP contribution in [-0.2, 0) is 4.74 Å². The first-order valence-electron chi connectivity index (χ1n) is 4.64. The molecule has 0 aliphatic heterocycles. The van der Waals surface area contributed by atoms with Crippen LogP contribution in [0.2, 0.25) is 5.02 Å². The van der Waals surface area contributed by atoms with Crippen LogP contribution in [0.5, 0.6) is 5.75 Å². The maximum Gasteiger partial charge on any atom is 0.357 e. The van der Waals surface area contributed by atoms with E-state index in [1.165, 1.54) is 12.3 Å². The lowest BCUT2D eigenvalue weighted by Crippen LogP contribution is -2.07. The number of aromatic nitrogens is 1. The summed E-state index contributed by atoms with van der Waals surface area (Å²) in [6.45, 7) is 4.36. The van der Waals surface area contributed by atoms with Crippen molar-refractivity contribution in [2.24, 2.45) is 0 Å². The van der Waals surface area contributed by atoms with E-state index in [4.69, 9.17) is 21.1 Å². The second-order valence-corrected chi connectivity index (χ2v) is 3.06. The normalized spacial score (nSPS) is 9.80. The average Bonchev–Trinajstić information content (AvgIpc) is 2.22. The van der Waals surface area contributed by atoms with Crippen molar-refractivity contribution in [2.75, 3.05) is 13.2 Å². The molecule has 1 aromatic heterocycles. The molecule has 0 aromatic carbocycles. The average molecular weight is 230 g/mol. The Hall–Kier alpha value is -1.29. The van der Waals surface area contributed by atoms with Gasteiger partial charge < -0.3 is 9.47 Å². The van der Waals surface area contributed by atoms with Crippen LogP contribution in [0.4, 0.5) is 0 Å². The Labute approximate surface area is 93.2 Å². The fourth-order valence-electron chi connectivity index (χ4n) is 1.00. The Kier molecular flexibility index (Phi) is 4.37. The third kappa shape index (κ3) is 3.09. The number of ether oxygens (including phenoxy) is 2. The number of esters is 1. The van der Waals surface area contributed by atoms with Gasteiger partial charge in [0.2, 0.25) is 0 Å². The molecule has 0 N–H and O–H groups in total. The molecule has 0 atom stereocenters. The molecule has 82 valence electrons. The van der Waals surface area contributed by atoms with Crippen molar-refractivity contribution in [2.45, 2.75) is 13.8 Å². The summed E-state index contributed by atoms with van der Waals surface area (Å²) in [5.41, 5.74) is 0.199. The molecule has 0 spiro atoms. The van der Waals surface area contributed by atoms with Crippen molar-refractivity contribution in [1.82, 2.24) is 4.98 Å². The van der Waals surface area contributed by atoms with Crippen LogP contribution in [0.3, 0.4) is 0 Å². The van der Waals surface area contributed by atoms with Crippen LogP contribution in [0.15, 0.2) is 12.3 Å². The van der Waals surface area contributed by atoms with Crippen molar-refractivity contribution < 1.29 is 14.3 Å². The Balaban J connectivity index is 2.91. The minimum Gasteiger partial charge on any atom is -0.492 e. The highest BCUT2D eigenvalue weighted by Gasteiger charge is 2.11. The van der Waals surface area contributed by atoms with E-state index in [0.717, 1.165) is 0 Å². The van der Waals surface area contributed by atoms with Gasteiger partial charge in [-0.05, 0) is 13.8 Å². The van der Waals surface area contributed by atoms with E-state index in [1.807, 2.05) is 6.92 Å². The molecular formula is C10H12ClNO3. The number of hydrogen-bond acceptors (Lipinski definition) is 4. The summed E-state index contributed by atoms with van der Waals surface area (Å²) in [6, 6.07) is 1.48. The molecule has 5 heteroatoms. The van der Waals surface area contributed by atoms with Crippen molar-refractivity contribution >= 4 is 17.6 Å². The molecule has 0 saturated heterocycles. The van der Waals surface area contributed by atoms with Crippen molar-refractivity contribution in [1.29, 1.82) is 0 Å². The Bertz CT molecular complexity index is 355. The molecule has 0 amide bonds. The molecule has 1 heterocycles. The highest BCUT2D eigenvalue weighted by atomic mass is 35.5. The lowest BCUT2D eigenvalue weighted by Gasteiger charge is -2.06. The maximum atomic E-state index is 11.3. The summed E-state index contributed by atoms with van der Waals surface area (Å²) in [7, 11) is 0. The summed E-state index contributed by atoms with van der Waals surface area (Å²) >= 11 is 5.82. The number of hydrogen-bond donors (Lipinski definition) is 0. The SMILES string of the molecule is CCOC(=O)c1cc(OCC)c(Cl)cn1. The second kappa shape index (κ2) is 5.56. The fourth-order valence-corrected chi connectivity index (χ4v) is 1.16. The standard InChI is InChI=1S/C10H12ClNO3/c1-3-14-9-5-8(10(13)15-4-2)12-6-7(9)11/h5-6H,3-4H2,1-2H3. The van der Waals surface area contributed by atoms with E-state index in [9.17, 15) is 4.79 Å². The minimum atomic E-state index is -0.477. The Morgan fingerprint density at radius 1 is 1.47 bits per heavy atom. The molecule has 0 unspecified atom stereocenters. The summed E-state index contributed by atoms with van der Waals surface area (Å²) in [5, 5.41) is 0.380. The number of nitrogens with zero attached hydrogens (tertiary/aromatic N) is 1. The number of pyridine rings is 1. The van der Waals surface area contributed by atoms with Gasteiger partial charge >= 0.3 is 5.97 Å². The van der Waals surface area contributed by atoms with Crippen LogP contribution >= 0.6 is 11.6 Å². The molecule has 15 heavy (non-hydrogen) atoms. The number of halogens is 1. The quantitative estimate of drug-likeness (QED) is 0.744. The van der Waals surface area contributed by atoms with E-state index >= 15 is 0 Å². The van der Waals surface area contributed by atoms with Gasteiger partial charge in [0.05, 0.1) is 19.4 Å². The third-order valence-corrected chi connectivity index (χ3v) is 1.89. The van der Waals surface area contributed by atoms with E-state index in [-0.39, 0.29) is 5.69 Å². The first-order chi connectivity index (χ1) is 7.19. The Morgan fingerprint density at radius 2 is 2.20 bits per heavy atom. The van der Waals surface area contributed by atoms with Crippen molar-refractivity contribution in [3.05, 3.63) is 23.0 Å². The molecule has 0 fully saturated rings. The lowest BCUT2D eigenvalue weighted by atomic mass is 10.3. The van der Waals surface area contributed by atoms with Gasteiger partial charge in [-0.25, -0.2) is 9.78 Å². The third-order valence-electron chi connectivity index (χ3n) is 1.60. The topological polar surface area (TPSA) is 48.4 Å². The predicted molar refractivity (Wildman–Crippen MR) is 56.4 cm³/mol. The summed E-state index contributed by atoms with van der Waals surface area (Å²) in [6.07, 6.45) is 1.37. The maximum absolute atomic E-state index is 11.3. The molecule has 0 aliphatic rings. The summed E-state index contributed by atoms with van der Waals surface area (Å²) < 4.78 is 10.0. The smallest absolute Gasteiger partial charge is 0.357 e. The summed E-state index contributed by atoms with van der Waals surface area (Å²) in [5.74, 6) is -0.0349. The van der Waals surface area contributed by atoms with Gasteiger partial charge in [0.25, 0.3) is 0 Å². The number of carbonyl (C=O) groups is 1. The molecule has 1 aromatic rings. The predicted octanol–water partition coefficient (Wildman–Crippen LogP) is 2.31. The number of rotatable bonds is 4. The van der Waals surface area contributed by atoms with E-state index in [1.54, 1.807) is 6.92 Å². The lowest BCUT2D eigenvalue weighted by molar-refractivity contribution is 0.0519. The highest BCUT2D eigenvalue weighted by Crippen LogP contribution is 2.24. The molecule has 0 aliphatic carbocycles. The molecule has 0 saturated carbocycles. The number of carbonyl (C=O) groups excluding carboxylic acids is 1. The zero-order valence-electron chi connectivity index (χ0n) is 8.62. The van der Waals surface area contributed by atoms with E-state index < -0.39 is 5.97 Å².